The third-order valence-corrected chi connectivity index (χ3v) is 3.19. The molecule has 0 N–H and O–H groups in total. The van der Waals surface area contributed by atoms with E-state index in [1.165, 1.54) is 6.07 Å². The Morgan fingerprint density at radius 2 is 1.75 bits per heavy atom. The first-order valence-corrected chi connectivity index (χ1v) is 6.58. The van der Waals surface area contributed by atoms with Gasteiger partial charge < -0.3 is 0 Å². The number of hydrogen-bond donors (Lipinski definition) is 0. The lowest BCUT2D eigenvalue weighted by Gasteiger charge is -2.16. The van der Waals surface area contributed by atoms with Gasteiger partial charge >= 0.3 is 0 Å². The maximum Gasteiger partial charge on any atom is 0.176 e. The van der Waals surface area contributed by atoms with E-state index in [4.69, 9.17) is 0 Å². The SMILES string of the molecule is Cc1ccc(C(=O)CN(C)Cc2ccccc2F)cc1. The highest BCUT2D eigenvalue weighted by Gasteiger charge is 2.11. The van der Waals surface area contributed by atoms with Gasteiger partial charge in [-0.25, -0.2) is 4.39 Å². The topological polar surface area (TPSA) is 20.3 Å². The average Bonchev–Trinajstić information content (AvgIpc) is 2.42. The molecule has 2 rings (SSSR count). The van der Waals surface area contributed by atoms with Gasteiger partial charge in [0.1, 0.15) is 5.82 Å². The number of ketones is 1. The summed E-state index contributed by atoms with van der Waals surface area (Å²) in [6.07, 6.45) is 0. The van der Waals surface area contributed by atoms with Crippen LogP contribution in [0.1, 0.15) is 21.5 Å². The van der Waals surface area contributed by atoms with E-state index in [0.29, 0.717) is 17.7 Å². The molecule has 0 saturated carbocycles. The lowest BCUT2D eigenvalue weighted by molar-refractivity contribution is 0.0942. The summed E-state index contributed by atoms with van der Waals surface area (Å²) in [6, 6.07) is 14.1. The van der Waals surface area contributed by atoms with Gasteiger partial charge in [0.15, 0.2) is 5.78 Å². The third-order valence-electron chi connectivity index (χ3n) is 3.19. The number of carbonyl (C=O) groups excluding carboxylic acids is 1. The van der Waals surface area contributed by atoms with Crippen molar-refractivity contribution in [2.24, 2.45) is 0 Å². The van der Waals surface area contributed by atoms with Crippen LogP contribution in [0.2, 0.25) is 0 Å². The number of likely N-dealkylation sites (N-methyl/N-ethyl adjacent to an activating group) is 1. The number of hydrogen-bond acceptors (Lipinski definition) is 2. The Morgan fingerprint density at radius 3 is 2.40 bits per heavy atom. The molecular weight excluding hydrogens is 253 g/mol. The number of rotatable bonds is 5. The summed E-state index contributed by atoms with van der Waals surface area (Å²) in [5.41, 5.74) is 2.42. The van der Waals surface area contributed by atoms with Crippen LogP contribution in [0.25, 0.3) is 0 Å². The number of aryl methyl sites for hydroxylation is 1. The summed E-state index contributed by atoms with van der Waals surface area (Å²) in [5, 5.41) is 0. The van der Waals surface area contributed by atoms with Crippen LogP contribution in [0.4, 0.5) is 4.39 Å². The van der Waals surface area contributed by atoms with Gasteiger partial charge in [-0.2, -0.15) is 0 Å². The van der Waals surface area contributed by atoms with Crippen LogP contribution in [0.15, 0.2) is 48.5 Å². The van der Waals surface area contributed by atoms with Crippen molar-refractivity contribution in [3.63, 3.8) is 0 Å². The minimum Gasteiger partial charge on any atom is -0.294 e. The first-order valence-electron chi connectivity index (χ1n) is 6.58. The number of nitrogens with zero attached hydrogens (tertiary/aromatic N) is 1. The third kappa shape index (κ3) is 3.75. The van der Waals surface area contributed by atoms with Gasteiger partial charge in [-0.15, -0.1) is 0 Å². The molecule has 0 bridgehead atoms. The monoisotopic (exact) mass is 271 g/mol. The van der Waals surface area contributed by atoms with Gasteiger partial charge in [0, 0.05) is 17.7 Å². The molecule has 0 aliphatic rings. The molecule has 0 amide bonds. The number of carbonyl (C=O) groups is 1. The van der Waals surface area contributed by atoms with E-state index in [2.05, 4.69) is 0 Å². The van der Waals surface area contributed by atoms with Crippen LogP contribution in [-0.2, 0) is 6.54 Å². The Morgan fingerprint density at radius 1 is 1.10 bits per heavy atom. The van der Waals surface area contributed by atoms with E-state index in [0.717, 1.165) is 5.56 Å². The zero-order valence-corrected chi connectivity index (χ0v) is 11.8. The molecule has 2 aromatic rings. The van der Waals surface area contributed by atoms with Crippen LogP contribution >= 0.6 is 0 Å². The fraction of sp³-hybridized carbons (Fsp3) is 0.235. The highest BCUT2D eigenvalue weighted by molar-refractivity contribution is 5.97. The van der Waals surface area contributed by atoms with E-state index >= 15 is 0 Å². The van der Waals surface area contributed by atoms with Crippen molar-refractivity contribution in [3.05, 3.63) is 71.0 Å². The van der Waals surface area contributed by atoms with Crippen LogP contribution in [-0.4, -0.2) is 24.3 Å². The van der Waals surface area contributed by atoms with Crippen LogP contribution < -0.4 is 0 Å². The molecule has 0 heterocycles. The molecule has 0 saturated heterocycles. The molecule has 0 atom stereocenters. The maximum atomic E-state index is 13.5. The molecule has 0 fully saturated rings. The lowest BCUT2D eigenvalue weighted by Crippen LogP contribution is -2.26. The molecule has 0 aromatic heterocycles. The second-order valence-corrected chi connectivity index (χ2v) is 5.05. The molecule has 2 aromatic carbocycles. The maximum absolute atomic E-state index is 13.5. The zero-order valence-electron chi connectivity index (χ0n) is 11.8. The molecule has 3 heteroatoms. The molecular formula is C17H18FNO. The predicted molar refractivity (Wildman–Crippen MR) is 78.2 cm³/mol. The van der Waals surface area contributed by atoms with Crippen molar-refractivity contribution in [2.75, 3.05) is 13.6 Å². The highest BCUT2D eigenvalue weighted by Crippen LogP contribution is 2.10. The molecule has 0 aliphatic carbocycles. The first-order chi connectivity index (χ1) is 9.56. The van der Waals surface area contributed by atoms with E-state index in [-0.39, 0.29) is 18.1 Å². The molecule has 2 nitrogen and oxygen atoms in total. The Kier molecular flexibility index (Phi) is 4.64. The Bertz CT molecular complexity index is 592. The first kappa shape index (κ1) is 14.4. The van der Waals surface area contributed by atoms with Gasteiger partial charge in [0.2, 0.25) is 0 Å². The fourth-order valence-electron chi connectivity index (χ4n) is 2.05. The Balaban J connectivity index is 1.98. The second kappa shape index (κ2) is 6.44. The zero-order chi connectivity index (χ0) is 14.5. The van der Waals surface area contributed by atoms with Gasteiger partial charge in [0.05, 0.1) is 6.54 Å². The highest BCUT2D eigenvalue weighted by atomic mass is 19.1. The Labute approximate surface area is 118 Å². The van der Waals surface area contributed by atoms with Crippen LogP contribution in [0, 0.1) is 12.7 Å². The quantitative estimate of drug-likeness (QED) is 0.776. The Hall–Kier alpha value is -2.00. The largest absolute Gasteiger partial charge is 0.294 e. The van der Waals surface area contributed by atoms with Crippen molar-refractivity contribution < 1.29 is 9.18 Å². The van der Waals surface area contributed by atoms with E-state index in [1.807, 2.05) is 43.1 Å². The van der Waals surface area contributed by atoms with Crippen LogP contribution in [0.3, 0.4) is 0 Å². The number of Topliss-reactive ketones (excluding diaryl/α,β-unsaturated/α-hetero) is 1. The predicted octanol–water partition coefficient (Wildman–Crippen LogP) is 3.45. The normalized spacial score (nSPS) is 10.8. The molecule has 104 valence electrons. The summed E-state index contributed by atoms with van der Waals surface area (Å²) >= 11 is 0. The van der Waals surface area contributed by atoms with Gasteiger partial charge in [-0.05, 0) is 20.0 Å². The summed E-state index contributed by atoms with van der Waals surface area (Å²) < 4.78 is 13.5. The molecule has 0 aliphatic heterocycles. The van der Waals surface area contributed by atoms with E-state index in [1.54, 1.807) is 18.2 Å². The van der Waals surface area contributed by atoms with Crippen molar-refractivity contribution in [3.8, 4) is 0 Å². The van der Waals surface area contributed by atoms with Gasteiger partial charge in [0.25, 0.3) is 0 Å². The lowest BCUT2D eigenvalue weighted by atomic mass is 10.1. The standard InChI is InChI=1S/C17H18FNO/c1-13-7-9-14(10-8-13)17(20)12-19(2)11-15-5-3-4-6-16(15)18/h3-10H,11-12H2,1-2H3. The van der Waals surface area contributed by atoms with Crippen molar-refractivity contribution in [1.82, 2.24) is 4.90 Å². The smallest absolute Gasteiger partial charge is 0.176 e. The molecule has 0 radical (unpaired) electrons. The molecule has 20 heavy (non-hydrogen) atoms. The van der Waals surface area contributed by atoms with Crippen molar-refractivity contribution >= 4 is 5.78 Å². The summed E-state index contributed by atoms with van der Waals surface area (Å²) in [5.74, 6) is -0.189. The summed E-state index contributed by atoms with van der Waals surface area (Å²) in [7, 11) is 1.82. The summed E-state index contributed by atoms with van der Waals surface area (Å²) in [6.45, 7) is 2.68. The second-order valence-electron chi connectivity index (χ2n) is 5.05. The van der Waals surface area contributed by atoms with Crippen molar-refractivity contribution in [2.45, 2.75) is 13.5 Å². The number of benzene rings is 2. The average molecular weight is 271 g/mol. The minimum absolute atomic E-state index is 0.0452. The van der Waals surface area contributed by atoms with Gasteiger partial charge in [-0.1, -0.05) is 48.0 Å². The van der Waals surface area contributed by atoms with Crippen LogP contribution in [0.5, 0.6) is 0 Å². The summed E-state index contributed by atoms with van der Waals surface area (Å²) in [4.78, 5) is 13.9. The van der Waals surface area contributed by atoms with Gasteiger partial charge in [-0.3, -0.25) is 9.69 Å². The van der Waals surface area contributed by atoms with E-state index in [9.17, 15) is 9.18 Å². The minimum atomic E-state index is -0.234. The van der Waals surface area contributed by atoms with E-state index < -0.39 is 0 Å². The van der Waals surface area contributed by atoms with Crippen molar-refractivity contribution in [1.29, 1.82) is 0 Å². The number of halogens is 1. The molecule has 0 spiro atoms. The fourth-order valence-corrected chi connectivity index (χ4v) is 2.05. The molecule has 0 unspecified atom stereocenters.